The van der Waals surface area contributed by atoms with Gasteiger partial charge in [0, 0.05) is 50.2 Å². The van der Waals surface area contributed by atoms with E-state index in [4.69, 9.17) is 5.73 Å². The van der Waals surface area contributed by atoms with Crippen molar-refractivity contribution in [2.45, 2.75) is 25.3 Å². The first-order valence-electron chi connectivity index (χ1n) is 7.32. The van der Waals surface area contributed by atoms with Gasteiger partial charge in [0.2, 0.25) is 0 Å². The number of hydrogen-bond acceptors (Lipinski definition) is 3. The maximum atomic E-state index is 6.28. The minimum atomic E-state index is 0.174. The Kier molecular flexibility index (Phi) is 3.74. The van der Waals surface area contributed by atoms with Crippen LogP contribution in [0.3, 0.4) is 0 Å². The fraction of sp³-hybridized carbons (Fsp3) is 0.438. The number of fused-ring (bicyclic) bond motifs is 1. The lowest BCUT2D eigenvalue weighted by atomic mass is 10.0. The van der Waals surface area contributed by atoms with E-state index < -0.39 is 0 Å². The Hall–Kier alpha value is -1.81. The zero-order valence-corrected chi connectivity index (χ0v) is 12.0. The second-order valence-electron chi connectivity index (χ2n) is 5.49. The molecule has 0 fully saturated rings. The van der Waals surface area contributed by atoms with Crippen molar-refractivity contribution in [3.8, 4) is 0 Å². The van der Waals surface area contributed by atoms with Gasteiger partial charge in [0.05, 0.1) is 0 Å². The summed E-state index contributed by atoms with van der Waals surface area (Å²) in [7, 11) is 2.00. The van der Waals surface area contributed by atoms with E-state index in [-0.39, 0.29) is 6.04 Å². The van der Waals surface area contributed by atoms with Gasteiger partial charge in [-0.05, 0) is 30.5 Å². The third-order valence-corrected chi connectivity index (χ3v) is 4.18. The molecule has 0 bridgehead atoms. The minimum Gasteiger partial charge on any atom is -0.371 e. The maximum absolute atomic E-state index is 6.28. The van der Waals surface area contributed by atoms with Crippen molar-refractivity contribution in [1.29, 1.82) is 0 Å². The highest BCUT2D eigenvalue weighted by molar-refractivity contribution is 5.55. The quantitative estimate of drug-likeness (QED) is 0.930. The van der Waals surface area contributed by atoms with E-state index in [1.807, 2.05) is 17.9 Å². The van der Waals surface area contributed by atoms with Crippen molar-refractivity contribution < 1.29 is 0 Å². The smallest absolute Gasteiger partial charge is 0.0492 e. The molecule has 4 heteroatoms. The van der Waals surface area contributed by atoms with Crippen LogP contribution in [0.15, 0.2) is 36.5 Å². The van der Waals surface area contributed by atoms with E-state index >= 15 is 0 Å². The van der Waals surface area contributed by atoms with E-state index in [1.165, 1.54) is 16.9 Å². The van der Waals surface area contributed by atoms with Crippen molar-refractivity contribution in [2.24, 2.45) is 12.8 Å². The molecule has 1 aromatic carbocycles. The molecule has 0 saturated carbocycles. The Morgan fingerprint density at radius 1 is 1.30 bits per heavy atom. The Bertz CT molecular complexity index is 575. The molecule has 1 aliphatic heterocycles. The normalized spacial score (nSPS) is 18.7. The Labute approximate surface area is 120 Å². The van der Waals surface area contributed by atoms with Crippen LogP contribution in [0.1, 0.15) is 30.1 Å². The molecule has 0 radical (unpaired) electrons. The van der Waals surface area contributed by atoms with Gasteiger partial charge in [0.25, 0.3) is 0 Å². The number of hydrogen-bond donors (Lipinski definition) is 1. The van der Waals surface area contributed by atoms with E-state index in [9.17, 15) is 0 Å². The lowest BCUT2D eigenvalue weighted by Gasteiger charge is -2.25. The first-order valence-corrected chi connectivity index (χ1v) is 7.32. The van der Waals surface area contributed by atoms with Crippen LogP contribution in [0.2, 0.25) is 0 Å². The number of anilines is 1. The predicted molar refractivity (Wildman–Crippen MR) is 81.7 cm³/mol. The summed E-state index contributed by atoms with van der Waals surface area (Å²) in [5, 5.41) is 4.23. The molecular weight excluding hydrogens is 248 g/mol. The number of benzene rings is 1. The summed E-state index contributed by atoms with van der Waals surface area (Å²) in [6.45, 7) is 2.10. The van der Waals surface area contributed by atoms with E-state index in [0.717, 1.165) is 32.4 Å². The van der Waals surface area contributed by atoms with Crippen molar-refractivity contribution >= 4 is 5.69 Å². The van der Waals surface area contributed by atoms with Crippen LogP contribution in [-0.2, 0) is 13.5 Å². The topological polar surface area (TPSA) is 47.1 Å². The molecule has 0 saturated heterocycles. The van der Waals surface area contributed by atoms with Gasteiger partial charge < -0.3 is 10.6 Å². The van der Waals surface area contributed by atoms with Crippen LogP contribution in [0, 0.1) is 0 Å². The molecule has 3 rings (SSSR count). The maximum Gasteiger partial charge on any atom is 0.0492 e. The SMILES string of the molecule is Cn1nccc1CCN1CCCC(N)c2ccccc21. The number of aromatic nitrogens is 2. The van der Waals surface area contributed by atoms with Gasteiger partial charge in [-0.3, -0.25) is 4.68 Å². The average molecular weight is 270 g/mol. The van der Waals surface area contributed by atoms with Crippen LogP contribution in [-0.4, -0.2) is 22.9 Å². The molecule has 1 atom stereocenters. The Morgan fingerprint density at radius 3 is 2.95 bits per heavy atom. The van der Waals surface area contributed by atoms with Gasteiger partial charge >= 0.3 is 0 Å². The number of aryl methyl sites for hydroxylation is 1. The standard InChI is InChI=1S/C16H22N4/c1-19-13(8-10-18-19)9-12-20-11-4-6-15(17)14-5-2-3-7-16(14)20/h2-3,5,7-8,10,15H,4,6,9,11-12,17H2,1H3. The minimum absolute atomic E-state index is 0.174. The lowest BCUT2D eigenvalue weighted by molar-refractivity contribution is 0.622. The van der Waals surface area contributed by atoms with E-state index in [0.29, 0.717) is 0 Å². The summed E-state index contributed by atoms with van der Waals surface area (Å²) >= 11 is 0. The fourth-order valence-corrected chi connectivity index (χ4v) is 3.00. The highest BCUT2D eigenvalue weighted by Gasteiger charge is 2.19. The van der Waals surface area contributed by atoms with Gasteiger partial charge in [0.1, 0.15) is 0 Å². The monoisotopic (exact) mass is 270 g/mol. The molecule has 1 unspecified atom stereocenters. The molecule has 20 heavy (non-hydrogen) atoms. The number of rotatable bonds is 3. The Morgan fingerprint density at radius 2 is 2.15 bits per heavy atom. The molecule has 4 nitrogen and oxygen atoms in total. The van der Waals surface area contributed by atoms with Crippen LogP contribution in [0.25, 0.3) is 0 Å². The second kappa shape index (κ2) is 5.67. The van der Waals surface area contributed by atoms with E-state index in [1.54, 1.807) is 0 Å². The van der Waals surface area contributed by atoms with Crippen molar-refractivity contribution in [3.63, 3.8) is 0 Å². The number of nitrogens with zero attached hydrogens (tertiary/aromatic N) is 3. The van der Waals surface area contributed by atoms with Crippen molar-refractivity contribution in [1.82, 2.24) is 9.78 Å². The van der Waals surface area contributed by atoms with Crippen LogP contribution in [0.5, 0.6) is 0 Å². The summed E-state index contributed by atoms with van der Waals surface area (Å²) in [5.41, 5.74) is 10.1. The van der Waals surface area contributed by atoms with Gasteiger partial charge in [-0.2, -0.15) is 5.10 Å². The van der Waals surface area contributed by atoms with Gasteiger partial charge in [-0.25, -0.2) is 0 Å². The summed E-state index contributed by atoms with van der Waals surface area (Å²) in [5.74, 6) is 0. The van der Waals surface area contributed by atoms with Gasteiger partial charge in [-0.15, -0.1) is 0 Å². The van der Waals surface area contributed by atoms with Gasteiger partial charge in [-0.1, -0.05) is 18.2 Å². The van der Waals surface area contributed by atoms with E-state index in [2.05, 4.69) is 40.3 Å². The zero-order chi connectivity index (χ0) is 13.9. The average Bonchev–Trinajstić information content (AvgIpc) is 2.80. The summed E-state index contributed by atoms with van der Waals surface area (Å²) in [6, 6.07) is 10.8. The molecule has 1 aromatic heterocycles. The number of para-hydroxylation sites is 1. The molecule has 0 amide bonds. The van der Waals surface area contributed by atoms with Crippen LogP contribution in [0.4, 0.5) is 5.69 Å². The highest BCUT2D eigenvalue weighted by atomic mass is 15.3. The second-order valence-corrected chi connectivity index (χ2v) is 5.49. The van der Waals surface area contributed by atoms with Crippen molar-refractivity contribution in [3.05, 3.63) is 47.8 Å². The molecule has 2 N–H and O–H groups in total. The largest absolute Gasteiger partial charge is 0.371 e. The summed E-state index contributed by atoms with van der Waals surface area (Å²) in [6.07, 6.45) is 5.10. The third-order valence-electron chi connectivity index (χ3n) is 4.18. The van der Waals surface area contributed by atoms with Crippen LogP contribution < -0.4 is 10.6 Å². The number of nitrogens with two attached hydrogens (primary N) is 1. The molecular formula is C16H22N4. The van der Waals surface area contributed by atoms with Crippen LogP contribution >= 0.6 is 0 Å². The third kappa shape index (κ3) is 2.56. The molecule has 2 heterocycles. The summed E-state index contributed by atoms with van der Waals surface area (Å²) in [4.78, 5) is 2.47. The first kappa shape index (κ1) is 13.2. The molecule has 0 spiro atoms. The Balaban J connectivity index is 1.79. The first-order chi connectivity index (χ1) is 9.75. The molecule has 0 aliphatic carbocycles. The fourth-order valence-electron chi connectivity index (χ4n) is 3.00. The summed E-state index contributed by atoms with van der Waals surface area (Å²) < 4.78 is 1.95. The molecule has 106 valence electrons. The van der Waals surface area contributed by atoms with Gasteiger partial charge in [0.15, 0.2) is 0 Å². The predicted octanol–water partition coefficient (Wildman–Crippen LogP) is 2.26. The lowest BCUT2D eigenvalue weighted by Crippen LogP contribution is -2.27. The molecule has 2 aromatic rings. The highest BCUT2D eigenvalue weighted by Crippen LogP contribution is 2.31. The van der Waals surface area contributed by atoms with Crippen molar-refractivity contribution in [2.75, 3.05) is 18.0 Å². The zero-order valence-electron chi connectivity index (χ0n) is 12.0. The molecule has 1 aliphatic rings.